The number of carboxylic acid groups (broad SMARTS) is 1. The van der Waals surface area contributed by atoms with Crippen molar-refractivity contribution in [1.82, 2.24) is 0 Å². The second kappa shape index (κ2) is 5.41. The summed E-state index contributed by atoms with van der Waals surface area (Å²) in [5.41, 5.74) is -0.348. The average Bonchev–Trinajstić information content (AvgIpc) is 2.20. The minimum Gasteiger partial charge on any atom is -0.480 e. The zero-order valence-corrected chi connectivity index (χ0v) is 11.1. The Kier molecular flexibility index (Phi) is 4.40. The lowest BCUT2D eigenvalue weighted by atomic mass is 9.90. The number of benzene rings is 1. The predicted molar refractivity (Wildman–Crippen MR) is 70.6 cm³/mol. The van der Waals surface area contributed by atoms with Gasteiger partial charge in [0.25, 0.3) is 0 Å². The van der Waals surface area contributed by atoms with Crippen molar-refractivity contribution in [3.05, 3.63) is 29.3 Å². The highest BCUT2D eigenvalue weighted by Crippen LogP contribution is 2.27. The Labute approximate surface area is 107 Å². The first-order valence-corrected chi connectivity index (χ1v) is 5.99. The molecule has 1 unspecified atom stereocenters. The number of halogens is 1. The summed E-state index contributed by atoms with van der Waals surface area (Å²) in [6, 6.07) is 7.16. The molecule has 1 aromatic rings. The number of para-hydroxylation sites is 1. The molecule has 0 radical (unpaired) electrons. The fourth-order valence-electron chi connectivity index (χ4n) is 1.87. The Bertz CT molecular complexity index is 406. The van der Waals surface area contributed by atoms with Crippen LogP contribution in [0.5, 0.6) is 0 Å². The van der Waals surface area contributed by atoms with Crippen molar-refractivity contribution in [2.45, 2.75) is 32.7 Å². The van der Waals surface area contributed by atoms with Gasteiger partial charge in [-0.25, -0.2) is 4.79 Å². The largest absolute Gasteiger partial charge is 0.480 e. The van der Waals surface area contributed by atoms with Crippen LogP contribution in [-0.4, -0.2) is 16.6 Å². The molecule has 0 aromatic heterocycles. The number of hydrogen-bond acceptors (Lipinski definition) is 2. The fraction of sp³-hybridized carbons (Fsp3) is 0.462. The Morgan fingerprint density at radius 2 is 2.06 bits per heavy atom. The van der Waals surface area contributed by atoms with Gasteiger partial charge >= 0.3 is 5.97 Å². The number of aliphatic carboxylic acids is 1. The summed E-state index contributed by atoms with van der Waals surface area (Å²) in [6.45, 7) is 5.67. The molecule has 0 spiro atoms. The molecule has 0 aliphatic carbocycles. The highest BCUT2D eigenvalue weighted by molar-refractivity contribution is 6.33. The van der Waals surface area contributed by atoms with Crippen LogP contribution in [0.4, 0.5) is 5.69 Å². The number of nitrogens with one attached hydrogen (secondary N) is 1. The molecule has 1 aromatic carbocycles. The van der Waals surface area contributed by atoms with Crippen LogP contribution >= 0.6 is 11.6 Å². The van der Waals surface area contributed by atoms with E-state index < -0.39 is 11.5 Å². The summed E-state index contributed by atoms with van der Waals surface area (Å²) >= 11 is 6.02. The molecule has 4 heteroatoms. The van der Waals surface area contributed by atoms with Gasteiger partial charge in [-0.1, -0.05) is 37.6 Å². The molecule has 0 heterocycles. The Morgan fingerprint density at radius 3 is 2.53 bits per heavy atom. The molecule has 0 amide bonds. The predicted octanol–water partition coefficient (Wildman–Crippen LogP) is 3.64. The number of hydrogen-bond donors (Lipinski definition) is 2. The van der Waals surface area contributed by atoms with Gasteiger partial charge in [-0.2, -0.15) is 0 Å². The van der Waals surface area contributed by atoms with Crippen LogP contribution in [0.25, 0.3) is 0 Å². The summed E-state index contributed by atoms with van der Waals surface area (Å²) in [7, 11) is 0. The smallest absolute Gasteiger partial charge is 0.329 e. The fourth-order valence-corrected chi connectivity index (χ4v) is 2.05. The van der Waals surface area contributed by atoms with Crippen molar-refractivity contribution >= 4 is 23.3 Å². The van der Waals surface area contributed by atoms with Crippen LogP contribution in [0.15, 0.2) is 24.3 Å². The van der Waals surface area contributed by atoms with Gasteiger partial charge in [0.2, 0.25) is 0 Å². The van der Waals surface area contributed by atoms with Gasteiger partial charge in [0, 0.05) is 0 Å². The molecule has 0 saturated carbocycles. The number of rotatable bonds is 5. The Balaban J connectivity index is 2.95. The summed E-state index contributed by atoms with van der Waals surface area (Å²) in [5.74, 6) is -0.586. The van der Waals surface area contributed by atoms with Crippen LogP contribution in [0.2, 0.25) is 5.02 Å². The molecule has 0 fully saturated rings. The van der Waals surface area contributed by atoms with Gasteiger partial charge in [0.05, 0.1) is 10.7 Å². The molecule has 1 rings (SSSR count). The maximum Gasteiger partial charge on any atom is 0.329 e. The second-order valence-electron chi connectivity index (χ2n) is 4.84. The van der Waals surface area contributed by atoms with Crippen molar-refractivity contribution in [2.24, 2.45) is 5.92 Å². The van der Waals surface area contributed by atoms with E-state index in [2.05, 4.69) is 5.32 Å². The van der Waals surface area contributed by atoms with Crippen molar-refractivity contribution in [3.63, 3.8) is 0 Å². The molecule has 0 saturated heterocycles. The summed E-state index contributed by atoms with van der Waals surface area (Å²) in [4.78, 5) is 11.4. The molecular weight excluding hydrogens is 238 g/mol. The first kappa shape index (κ1) is 13.8. The standard InChI is InChI=1S/C13H18ClNO2/c1-9(2)8-13(3,12(16)17)15-11-7-5-4-6-10(11)14/h4-7,9,15H,8H2,1-3H3,(H,16,17). The molecular formula is C13H18ClNO2. The van der Waals surface area contributed by atoms with E-state index >= 15 is 0 Å². The highest BCUT2D eigenvalue weighted by atomic mass is 35.5. The molecule has 17 heavy (non-hydrogen) atoms. The van der Waals surface area contributed by atoms with E-state index in [1.54, 1.807) is 19.1 Å². The Morgan fingerprint density at radius 1 is 1.47 bits per heavy atom. The summed E-state index contributed by atoms with van der Waals surface area (Å²) in [5, 5.41) is 12.9. The Hall–Kier alpha value is -1.22. The van der Waals surface area contributed by atoms with Crippen LogP contribution in [0.1, 0.15) is 27.2 Å². The third kappa shape index (κ3) is 3.63. The minimum absolute atomic E-state index is 0.283. The van der Waals surface area contributed by atoms with Crippen molar-refractivity contribution in [3.8, 4) is 0 Å². The van der Waals surface area contributed by atoms with E-state index in [9.17, 15) is 9.90 Å². The third-order valence-corrected chi connectivity index (χ3v) is 2.90. The van der Waals surface area contributed by atoms with Crippen LogP contribution in [0, 0.1) is 5.92 Å². The molecule has 94 valence electrons. The van der Waals surface area contributed by atoms with E-state index in [0.29, 0.717) is 17.1 Å². The quantitative estimate of drug-likeness (QED) is 0.845. The zero-order valence-electron chi connectivity index (χ0n) is 10.3. The summed E-state index contributed by atoms with van der Waals surface area (Å²) in [6.07, 6.45) is 0.535. The van der Waals surface area contributed by atoms with Crippen LogP contribution in [0.3, 0.4) is 0 Å². The maximum absolute atomic E-state index is 11.4. The normalized spacial score (nSPS) is 14.4. The first-order chi connectivity index (χ1) is 7.85. The highest BCUT2D eigenvalue weighted by Gasteiger charge is 2.34. The van der Waals surface area contributed by atoms with Gasteiger partial charge in [0.1, 0.15) is 5.54 Å². The van der Waals surface area contributed by atoms with Crippen molar-refractivity contribution < 1.29 is 9.90 Å². The molecule has 0 aliphatic heterocycles. The van der Waals surface area contributed by atoms with Crippen molar-refractivity contribution in [2.75, 3.05) is 5.32 Å². The number of carboxylic acids is 1. The molecule has 2 N–H and O–H groups in total. The van der Waals surface area contributed by atoms with Crippen LogP contribution in [-0.2, 0) is 4.79 Å². The number of anilines is 1. The second-order valence-corrected chi connectivity index (χ2v) is 5.25. The SMILES string of the molecule is CC(C)CC(C)(Nc1ccccc1Cl)C(=O)O. The lowest BCUT2D eigenvalue weighted by molar-refractivity contribution is -0.142. The molecule has 3 nitrogen and oxygen atoms in total. The van der Waals surface area contributed by atoms with E-state index in [4.69, 9.17) is 11.6 Å². The van der Waals surface area contributed by atoms with Gasteiger partial charge < -0.3 is 10.4 Å². The third-order valence-electron chi connectivity index (χ3n) is 2.57. The average molecular weight is 256 g/mol. The van der Waals surface area contributed by atoms with E-state index in [-0.39, 0.29) is 5.92 Å². The molecule has 0 bridgehead atoms. The maximum atomic E-state index is 11.4. The van der Waals surface area contributed by atoms with Gasteiger partial charge in [-0.3, -0.25) is 0 Å². The minimum atomic E-state index is -1.00. The van der Waals surface area contributed by atoms with Gasteiger partial charge in [0.15, 0.2) is 0 Å². The monoisotopic (exact) mass is 255 g/mol. The van der Waals surface area contributed by atoms with E-state index in [1.165, 1.54) is 0 Å². The van der Waals surface area contributed by atoms with Gasteiger partial charge in [-0.05, 0) is 31.4 Å². The van der Waals surface area contributed by atoms with Gasteiger partial charge in [-0.15, -0.1) is 0 Å². The van der Waals surface area contributed by atoms with Crippen LogP contribution < -0.4 is 5.32 Å². The number of carbonyl (C=O) groups is 1. The lowest BCUT2D eigenvalue weighted by Gasteiger charge is -2.29. The van der Waals surface area contributed by atoms with E-state index in [1.807, 2.05) is 26.0 Å². The molecule has 0 aliphatic rings. The lowest BCUT2D eigenvalue weighted by Crippen LogP contribution is -2.44. The van der Waals surface area contributed by atoms with E-state index in [0.717, 1.165) is 0 Å². The zero-order chi connectivity index (χ0) is 13.1. The van der Waals surface area contributed by atoms with Crippen molar-refractivity contribution in [1.29, 1.82) is 0 Å². The first-order valence-electron chi connectivity index (χ1n) is 5.61. The molecule has 1 atom stereocenters. The topological polar surface area (TPSA) is 49.3 Å². The summed E-state index contributed by atoms with van der Waals surface area (Å²) < 4.78 is 0.